The first-order chi connectivity index (χ1) is 13.3. The highest BCUT2D eigenvalue weighted by atomic mass is 19.4. The minimum atomic E-state index is -4.42. The van der Waals surface area contributed by atoms with Crippen LogP contribution in [0.4, 0.5) is 18.0 Å². The lowest BCUT2D eigenvalue weighted by atomic mass is 9.94. The molecule has 2 aliphatic heterocycles. The highest BCUT2D eigenvalue weighted by Gasteiger charge is 2.44. The second kappa shape index (κ2) is 7.29. The summed E-state index contributed by atoms with van der Waals surface area (Å²) >= 11 is 0. The smallest absolute Gasteiger partial charge is 0.335 e. The van der Waals surface area contributed by atoms with Gasteiger partial charge >= 0.3 is 12.2 Å². The van der Waals surface area contributed by atoms with E-state index < -0.39 is 11.7 Å². The van der Waals surface area contributed by atoms with E-state index in [0.717, 1.165) is 37.8 Å². The Morgan fingerprint density at radius 3 is 2.21 bits per heavy atom. The highest BCUT2D eigenvalue weighted by molar-refractivity contribution is 5.94. The zero-order valence-corrected chi connectivity index (χ0v) is 15.6. The first-order valence-electron chi connectivity index (χ1n) is 9.88. The van der Waals surface area contributed by atoms with Crippen LogP contribution in [0.3, 0.4) is 0 Å². The molecule has 1 aromatic carbocycles. The summed E-state index contributed by atoms with van der Waals surface area (Å²) in [6.07, 6.45) is 1.19. The van der Waals surface area contributed by atoms with Crippen LogP contribution in [0.5, 0.6) is 0 Å². The summed E-state index contributed by atoms with van der Waals surface area (Å²) in [6, 6.07) is 4.66. The lowest BCUT2D eigenvalue weighted by Crippen LogP contribution is -2.53. The molecule has 1 aromatic rings. The number of hydrogen-bond acceptors (Lipinski definition) is 2. The molecule has 8 heteroatoms. The molecule has 1 saturated carbocycles. The van der Waals surface area contributed by atoms with Gasteiger partial charge in [0, 0.05) is 37.8 Å². The standard InChI is InChI=1S/C20H24F3N3O2/c21-20(22,23)15-8-6-14(7-9-15)18(27)24-10-11-25-17(12-24)13-26(19(25)28)16-4-2-1-3-5-16/h6-9,16-17H,1-5,10-13H2/t17-/m1/s1. The van der Waals surface area contributed by atoms with Crippen LogP contribution in [0.2, 0.25) is 0 Å². The Morgan fingerprint density at radius 1 is 0.893 bits per heavy atom. The predicted molar refractivity (Wildman–Crippen MR) is 96.8 cm³/mol. The molecule has 0 unspecified atom stereocenters. The topological polar surface area (TPSA) is 43.9 Å². The van der Waals surface area contributed by atoms with Crippen molar-refractivity contribution in [2.45, 2.75) is 50.4 Å². The first-order valence-corrected chi connectivity index (χ1v) is 9.88. The number of benzene rings is 1. The molecule has 3 amide bonds. The third-order valence-electron chi connectivity index (χ3n) is 6.14. The largest absolute Gasteiger partial charge is 0.416 e. The van der Waals surface area contributed by atoms with Gasteiger partial charge in [0.15, 0.2) is 0 Å². The number of fused-ring (bicyclic) bond motifs is 1. The van der Waals surface area contributed by atoms with Gasteiger partial charge in [-0.1, -0.05) is 19.3 Å². The van der Waals surface area contributed by atoms with Crippen LogP contribution in [0.1, 0.15) is 48.0 Å². The van der Waals surface area contributed by atoms with E-state index in [4.69, 9.17) is 0 Å². The zero-order valence-electron chi connectivity index (χ0n) is 15.6. The third kappa shape index (κ3) is 3.56. The summed E-state index contributed by atoms with van der Waals surface area (Å²) in [5.74, 6) is -0.281. The average Bonchev–Trinajstić information content (AvgIpc) is 3.03. The normalized spacial score (nSPS) is 23.9. The van der Waals surface area contributed by atoms with E-state index in [0.29, 0.717) is 32.2 Å². The second-order valence-electron chi connectivity index (χ2n) is 7.90. The fourth-order valence-corrected chi connectivity index (χ4v) is 4.60. The van der Waals surface area contributed by atoms with Crippen LogP contribution < -0.4 is 0 Å². The van der Waals surface area contributed by atoms with E-state index in [1.54, 1.807) is 4.90 Å². The van der Waals surface area contributed by atoms with E-state index >= 15 is 0 Å². The van der Waals surface area contributed by atoms with Gasteiger partial charge in [0.1, 0.15) is 0 Å². The molecule has 0 bridgehead atoms. The summed E-state index contributed by atoms with van der Waals surface area (Å²) in [6.45, 7) is 1.93. The number of amides is 3. The summed E-state index contributed by atoms with van der Waals surface area (Å²) in [5, 5.41) is 0. The van der Waals surface area contributed by atoms with Crippen molar-refractivity contribution in [1.82, 2.24) is 14.7 Å². The molecule has 0 spiro atoms. The third-order valence-corrected chi connectivity index (χ3v) is 6.14. The molecule has 3 aliphatic rings. The van der Waals surface area contributed by atoms with E-state index in [1.165, 1.54) is 18.6 Å². The fraction of sp³-hybridized carbons (Fsp3) is 0.600. The maximum absolute atomic E-state index is 12.8. The zero-order chi connectivity index (χ0) is 19.9. The number of alkyl halides is 3. The molecule has 152 valence electrons. The van der Waals surface area contributed by atoms with Crippen LogP contribution in [0.25, 0.3) is 0 Å². The van der Waals surface area contributed by atoms with Gasteiger partial charge in [-0.25, -0.2) is 4.79 Å². The molecule has 1 aliphatic carbocycles. The molecule has 4 rings (SSSR count). The summed E-state index contributed by atoms with van der Waals surface area (Å²) in [7, 11) is 0. The average molecular weight is 395 g/mol. The summed E-state index contributed by atoms with van der Waals surface area (Å²) < 4.78 is 38.1. The highest BCUT2D eigenvalue weighted by Crippen LogP contribution is 2.31. The Balaban J connectivity index is 1.42. The maximum atomic E-state index is 12.8. The van der Waals surface area contributed by atoms with Crippen molar-refractivity contribution in [2.24, 2.45) is 0 Å². The maximum Gasteiger partial charge on any atom is 0.416 e. The van der Waals surface area contributed by atoms with Crippen LogP contribution in [0, 0.1) is 0 Å². The van der Waals surface area contributed by atoms with Crippen LogP contribution in [-0.4, -0.2) is 64.9 Å². The van der Waals surface area contributed by atoms with E-state index in [9.17, 15) is 22.8 Å². The van der Waals surface area contributed by atoms with Gasteiger partial charge in [0.05, 0.1) is 11.6 Å². The molecule has 5 nitrogen and oxygen atoms in total. The number of carbonyl (C=O) groups is 2. The molecule has 3 fully saturated rings. The lowest BCUT2D eigenvalue weighted by molar-refractivity contribution is -0.137. The molecular formula is C20H24F3N3O2. The van der Waals surface area contributed by atoms with Crippen LogP contribution in [-0.2, 0) is 6.18 Å². The quantitative estimate of drug-likeness (QED) is 0.768. The number of piperazine rings is 1. The van der Waals surface area contributed by atoms with E-state index in [1.807, 2.05) is 9.80 Å². The van der Waals surface area contributed by atoms with Gasteiger partial charge in [0.2, 0.25) is 0 Å². The Morgan fingerprint density at radius 2 is 1.57 bits per heavy atom. The van der Waals surface area contributed by atoms with Gasteiger partial charge in [-0.05, 0) is 37.1 Å². The van der Waals surface area contributed by atoms with Crippen molar-refractivity contribution < 1.29 is 22.8 Å². The van der Waals surface area contributed by atoms with Crippen molar-refractivity contribution in [2.75, 3.05) is 26.2 Å². The SMILES string of the molecule is O=C(c1ccc(C(F)(F)F)cc1)N1CCN2C(=O)N(C3CCCCC3)C[C@H]2C1. The fourth-order valence-electron chi connectivity index (χ4n) is 4.60. The molecule has 28 heavy (non-hydrogen) atoms. The van der Waals surface area contributed by atoms with Gasteiger partial charge in [-0.3, -0.25) is 4.79 Å². The Labute approximate surface area is 162 Å². The Hall–Kier alpha value is -2.25. The van der Waals surface area contributed by atoms with Gasteiger partial charge in [-0.2, -0.15) is 13.2 Å². The molecule has 2 heterocycles. The minimum Gasteiger partial charge on any atom is -0.335 e. The predicted octanol–water partition coefficient (Wildman–Crippen LogP) is 3.60. The van der Waals surface area contributed by atoms with E-state index in [-0.39, 0.29) is 23.5 Å². The van der Waals surface area contributed by atoms with Gasteiger partial charge in [0.25, 0.3) is 5.91 Å². The number of halogens is 3. The van der Waals surface area contributed by atoms with Gasteiger partial charge < -0.3 is 14.7 Å². The number of nitrogens with zero attached hydrogens (tertiary/aromatic N) is 3. The van der Waals surface area contributed by atoms with Crippen molar-refractivity contribution in [1.29, 1.82) is 0 Å². The minimum absolute atomic E-state index is 0.0402. The molecule has 1 atom stereocenters. The van der Waals surface area contributed by atoms with Crippen molar-refractivity contribution in [3.63, 3.8) is 0 Å². The number of urea groups is 1. The van der Waals surface area contributed by atoms with Crippen molar-refractivity contribution >= 4 is 11.9 Å². The molecule has 0 N–H and O–H groups in total. The first kappa shape index (κ1) is 19.1. The number of rotatable bonds is 2. The molecule has 0 aromatic heterocycles. The van der Waals surface area contributed by atoms with Crippen molar-refractivity contribution in [3.05, 3.63) is 35.4 Å². The van der Waals surface area contributed by atoms with Crippen molar-refractivity contribution in [3.8, 4) is 0 Å². The molecular weight excluding hydrogens is 371 g/mol. The number of carbonyl (C=O) groups excluding carboxylic acids is 2. The Bertz CT molecular complexity index is 744. The Kier molecular flexibility index (Phi) is 4.97. The lowest BCUT2D eigenvalue weighted by Gasteiger charge is -2.36. The second-order valence-corrected chi connectivity index (χ2v) is 7.90. The van der Waals surface area contributed by atoms with Crippen LogP contribution in [0.15, 0.2) is 24.3 Å². The van der Waals surface area contributed by atoms with E-state index in [2.05, 4.69) is 0 Å². The summed E-state index contributed by atoms with van der Waals surface area (Å²) in [4.78, 5) is 31.0. The molecule has 0 radical (unpaired) electrons. The van der Waals surface area contributed by atoms with Gasteiger partial charge in [-0.15, -0.1) is 0 Å². The monoisotopic (exact) mass is 395 g/mol. The summed E-state index contributed by atoms with van der Waals surface area (Å²) in [5.41, 5.74) is -0.520. The van der Waals surface area contributed by atoms with Crippen LogP contribution >= 0.6 is 0 Å². The molecule has 2 saturated heterocycles. The number of hydrogen-bond donors (Lipinski definition) is 0.